The highest BCUT2D eigenvalue weighted by atomic mass is 79.9. The third-order valence-corrected chi connectivity index (χ3v) is 9.19. The molecule has 14 heteroatoms. The Labute approximate surface area is 365 Å². The largest absolute Gasteiger partial charge is 0.462 e. The fraction of sp³-hybridized carbons (Fsp3) is 0.283. The summed E-state index contributed by atoms with van der Waals surface area (Å²) in [6.07, 6.45) is 11.5. The van der Waals surface area contributed by atoms with E-state index >= 15 is 0 Å². The number of rotatable bonds is 8. The number of anilines is 1. The third-order valence-electron chi connectivity index (χ3n) is 8.76. The average Bonchev–Trinajstić information content (AvgIpc) is 3.38. The number of hydrogen-bond donors (Lipinski definition) is 1. The van der Waals surface area contributed by atoms with Crippen LogP contribution >= 0.6 is 15.9 Å². The van der Waals surface area contributed by atoms with Gasteiger partial charge < -0.3 is 15.0 Å². The van der Waals surface area contributed by atoms with Gasteiger partial charge in [-0.05, 0) is 84.8 Å². The number of halogens is 1. The van der Waals surface area contributed by atoms with E-state index in [2.05, 4.69) is 82.8 Å². The van der Waals surface area contributed by atoms with Gasteiger partial charge in [0.1, 0.15) is 12.4 Å². The lowest BCUT2D eigenvalue weighted by atomic mass is 9.81. The zero-order valence-corrected chi connectivity index (χ0v) is 33.3. The van der Waals surface area contributed by atoms with Gasteiger partial charge in [-0.25, -0.2) is 0 Å². The maximum atomic E-state index is 10.6. The van der Waals surface area contributed by atoms with Gasteiger partial charge in [-0.15, -0.1) is 0 Å². The molecular formula is C46H60BBrN6O6. The van der Waals surface area contributed by atoms with Crippen LogP contribution in [0.1, 0.15) is 85.2 Å². The molecule has 0 amide bonds. The first kappa shape index (κ1) is 54.2. The number of nitro groups is 2. The highest BCUT2D eigenvalue weighted by molar-refractivity contribution is 9.10. The Balaban J connectivity index is 0.000000766. The average molecular weight is 884 g/mol. The monoisotopic (exact) mass is 882 g/mol. The van der Waals surface area contributed by atoms with Crippen molar-refractivity contribution in [3.63, 3.8) is 0 Å². The lowest BCUT2D eigenvalue weighted by Crippen LogP contribution is -2.41. The summed E-state index contributed by atoms with van der Waals surface area (Å²) in [6, 6.07) is 35.3. The van der Waals surface area contributed by atoms with Gasteiger partial charge >= 0.3 is 7.12 Å². The van der Waals surface area contributed by atoms with E-state index in [1.165, 1.54) is 35.8 Å². The molecular weight excluding hydrogens is 823 g/mol. The minimum Gasteiger partial charge on any atom is -0.403 e. The van der Waals surface area contributed by atoms with Crippen molar-refractivity contribution in [1.29, 1.82) is 0 Å². The van der Waals surface area contributed by atoms with E-state index in [4.69, 9.17) is 15.0 Å². The lowest BCUT2D eigenvalue weighted by Gasteiger charge is -2.32. The Bertz CT molecular complexity index is 2130. The van der Waals surface area contributed by atoms with Crippen LogP contribution in [0.25, 0.3) is 0 Å². The maximum absolute atomic E-state index is 10.6. The number of hydrogen-bond acceptors (Lipinski definition) is 10. The SMILES string of the molecule is C.C.C.C.CC1(C)OB(Cc2ccccc2)OC1(C)C.Nc1cncc(Cc2ccccc2)c1.O=[N+]([O-])c1cncc(Br)c1.O=[N+]([O-])c1cncc(Cc2ccccc2)c1. The van der Waals surface area contributed by atoms with Crippen molar-refractivity contribution in [2.24, 2.45) is 0 Å². The lowest BCUT2D eigenvalue weighted by molar-refractivity contribution is -0.385. The van der Waals surface area contributed by atoms with Crippen molar-refractivity contribution >= 4 is 40.1 Å². The predicted octanol–water partition coefficient (Wildman–Crippen LogP) is 12.0. The molecule has 1 fully saturated rings. The molecule has 0 radical (unpaired) electrons. The number of benzene rings is 3. The Morgan fingerprint density at radius 3 is 1.35 bits per heavy atom. The van der Waals surface area contributed by atoms with Gasteiger partial charge in [0, 0.05) is 47.7 Å². The van der Waals surface area contributed by atoms with E-state index in [1.807, 2.05) is 79.0 Å². The summed E-state index contributed by atoms with van der Waals surface area (Å²) in [5.74, 6) is 0. The van der Waals surface area contributed by atoms with E-state index in [0.717, 1.165) is 35.1 Å². The second-order valence-corrected chi connectivity index (χ2v) is 14.7. The minimum atomic E-state index is -0.488. The molecule has 1 aliphatic rings. The molecule has 6 aromatic rings. The second-order valence-electron chi connectivity index (χ2n) is 13.8. The highest BCUT2D eigenvalue weighted by Gasteiger charge is 2.50. The molecule has 12 nitrogen and oxygen atoms in total. The van der Waals surface area contributed by atoms with Gasteiger partial charge in [0.15, 0.2) is 0 Å². The van der Waals surface area contributed by atoms with Crippen LogP contribution in [0.3, 0.4) is 0 Å². The number of nitrogen functional groups attached to an aromatic ring is 1. The Kier molecular flexibility index (Phi) is 23.8. The van der Waals surface area contributed by atoms with Crippen molar-refractivity contribution in [1.82, 2.24) is 15.0 Å². The predicted molar refractivity (Wildman–Crippen MR) is 250 cm³/mol. The molecule has 0 unspecified atom stereocenters. The maximum Gasteiger partial charge on any atom is 0.462 e. The van der Waals surface area contributed by atoms with Gasteiger partial charge in [-0.3, -0.25) is 35.2 Å². The van der Waals surface area contributed by atoms with E-state index < -0.39 is 9.85 Å². The minimum absolute atomic E-state index is 0. The molecule has 1 aliphatic heterocycles. The zero-order valence-electron chi connectivity index (χ0n) is 31.7. The van der Waals surface area contributed by atoms with Gasteiger partial charge in [0.2, 0.25) is 0 Å². The molecule has 4 heterocycles. The van der Waals surface area contributed by atoms with Crippen LogP contribution in [0.15, 0.2) is 151 Å². The van der Waals surface area contributed by atoms with Crippen molar-refractivity contribution in [2.75, 3.05) is 5.73 Å². The molecule has 0 spiro atoms. The molecule has 0 bridgehead atoms. The Hall–Kier alpha value is -5.83. The van der Waals surface area contributed by atoms with Gasteiger partial charge in [-0.2, -0.15) is 0 Å². The third kappa shape index (κ3) is 18.0. The molecule has 320 valence electrons. The molecule has 7 rings (SSSR count). The summed E-state index contributed by atoms with van der Waals surface area (Å²) in [4.78, 5) is 31.3. The van der Waals surface area contributed by atoms with E-state index in [0.29, 0.717) is 10.9 Å². The highest BCUT2D eigenvalue weighted by Crippen LogP contribution is 2.37. The van der Waals surface area contributed by atoms with Crippen LogP contribution in [-0.2, 0) is 28.5 Å². The van der Waals surface area contributed by atoms with Crippen LogP contribution in [-0.4, -0.2) is 43.1 Å². The van der Waals surface area contributed by atoms with Gasteiger partial charge in [-0.1, -0.05) is 126 Å². The summed E-state index contributed by atoms with van der Waals surface area (Å²) < 4.78 is 12.5. The summed E-state index contributed by atoms with van der Waals surface area (Å²) in [7, 11) is -0.132. The van der Waals surface area contributed by atoms with Crippen LogP contribution in [0.4, 0.5) is 17.1 Å². The molecule has 3 aromatic carbocycles. The van der Waals surface area contributed by atoms with Crippen molar-refractivity contribution in [3.8, 4) is 0 Å². The molecule has 0 aliphatic carbocycles. The molecule has 1 saturated heterocycles. The Morgan fingerprint density at radius 2 is 0.950 bits per heavy atom. The van der Waals surface area contributed by atoms with Crippen LogP contribution in [0.2, 0.25) is 0 Å². The van der Waals surface area contributed by atoms with Crippen molar-refractivity contribution < 1.29 is 19.2 Å². The van der Waals surface area contributed by atoms with E-state index in [-0.39, 0.29) is 59.4 Å². The smallest absolute Gasteiger partial charge is 0.403 e. The molecule has 0 atom stereocenters. The first-order valence-corrected chi connectivity index (χ1v) is 18.5. The zero-order chi connectivity index (χ0) is 40.6. The number of pyridine rings is 3. The summed E-state index contributed by atoms with van der Waals surface area (Å²) in [5, 5.41) is 20.7. The van der Waals surface area contributed by atoms with E-state index in [1.54, 1.807) is 18.5 Å². The number of aromatic nitrogens is 3. The molecule has 3 aromatic heterocycles. The fourth-order valence-corrected chi connectivity index (χ4v) is 5.65. The quantitative estimate of drug-likeness (QED) is 0.0881. The van der Waals surface area contributed by atoms with Gasteiger partial charge in [0.25, 0.3) is 11.4 Å². The first-order valence-electron chi connectivity index (χ1n) is 17.7. The number of nitrogens with two attached hydrogens (primary N) is 1. The molecule has 0 saturated carbocycles. The summed E-state index contributed by atoms with van der Waals surface area (Å²) in [5.41, 5.74) is 11.6. The second kappa shape index (κ2) is 26.3. The van der Waals surface area contributed by atoms with Crippen LogP contribution in [0, 0.1) is 20.2 Å². The standard InChI is InChI=1S/C13H19BO2.C12H10N2O2.C12H12N2.C5H3BrN2O2.4CH4/c1-12(2)13(3,4)16-14(15-12)10-11-8-6-5-7-9-11;15-14(16)12-7-11(8-13-9-12)6-10-4-2-1-3-5-10;13-12-7-11(8-14-9-12)6-10-4-2-1-3-5-10;6-4-1-5(8(9)10)3-7-2-4;;;;/h5-9H,10H2,1-4H3;1-5,7-9H,6H2;1-5,7-9H,6,13H2;1-3H;4*1H4. The Morgan fingerprint density at radius 1 is 0.567 bits per heavy atom. The van der Waals surface area contributed by atoms with Crippen LogP contribution < -0.4 is 5.73 Å². The van der Waals surface area contributed by atoms with Crippen molar-refractivity contribution in [2.45, 2.75) is 87.8 Å². The van der Waals surface area contributed by atoms with E-state index in [9.17, 15) is 20.2 Å². The molecule has 2 N–H and O–H groups in total. The first-order chi connectivity index (χ1) is 26.7. The normalized spacial score (nSPS) is 12.5. The van der Waals surface area contributed by atoms with Gasteiger partial charge in [0.05, 0.1) is 26.7 Å². The van der Waals surface area contributed by atoms with Crippen LogP contribution in [0.5, 0.6) is 0 Å². The fourth-order valence-electron chi connectivity index (χ4n) is 5.29. The number of nitrogens with zero attached hydrogens (tertiary/aromatic N) is 5. The topological polar surface area (TPSA) is 169 Å². The molecule has 60 heavy (non-hydrogen) atoms. The summed E-state index contributed by atoms with van der Waals surface area (Å²) in [6.45, 7) is 8.33. The van der Waals surface area contributed by atoms with Crippen molar-refractivity contribution in [3.05, 3.63) is 199 Å². The summed E-state index contributed by atoms with van der Waals surface area (Å²) >= 11 is 3.06.